The Morgan fingerprint density at radius 1 is 1.12 bits per heavy atom. The van der Waals surface area contributed by atoms with E-state index in [0.717, 1.165) is 0 Å². The van der Waals surface area contributed by atoms with Crippen LogP contribution in [-0.4, -0.2) is 50.9 Å². The minimum atomic E-state index is -3.57. The van der Waals surface area contributed by atoms with Gasteiger partial charge in [0.05, 0.1) is 16.5 Å². The molecule has 0 radical (unpaired) electrons. The first-order valence-corrected chi connectivity index (χ1v) is 10.4. The SMILES string of the molecule is COc1ccc(S(=O)(=O)N2CCN(Cc3ccccc3F)CC2)cc1Br. The van der Waals surface area contributed by atoms with E-state index in [2.05, 4.69) is 20.8 Å². The molecule has 0 amide bonds. The van der Waals surface area contributed by atoms with Crippen LogP contribution in [0.1, 0.15) is 5.56 Å². The molecule has 0 atom stereocenters. The molecule has 0 bridgehead atoms. The molecule has 0 aromatic heterocycles. The maximum absolute atomic E-state index is 13.8. The second kappa shape index (κ2) is 8.04. The lowest BCUT2D eigenvalue weighted by Gasteiger charge is -2.34. The van der Waals surface area contributed by atoms with Gasteiger partial charge in [0.2, 0.25) is 10.0 Å². The molecule has 3 rings (SSSR count). The Bertz CT molecular complexity index is 884. The van der Waals surface area contributed by atoms with Crippen molar-refractivity contribution in [2.75, 3.05) is 33.3 Å². The third-order valence-electron chi connectivity index (χ3n) is 4.44. The van der Waals surface area contributed by atoms with Crippen molar-refractivity contribution in [3.63, 3.8) is 0 Å². The quantitative estimate of drug-likeness (QED) is 0.713. The van der Waals surface area contributed by atoms with Gasteiger partial charge in [-0.1, -0.05) is 18.2 Å². The van der Waals surface area contributed by atoms with Crippen LogP contribution in [0.2, 0.25) is 0 Å². The Hall–Kier alpha value is -1.48. The zero-order valence-corrected chi connectivity index (χ0v) is 16.8. The van der Waals surface area contributed by atoms with Crippen molar-refractivity contribution < 1.29 is 17.5 Å². The molecule has 5 nitrogen and oxygen atoms in total. The highest BCUT2D eigenvalue weighted by molar-refractivity contribution is 9.10. The Morgan fingerprint density at radius 3 is 2.42 bits per heavy atom. The van der Waals surface area contributed by atoms with Crippen molar-refractivity contribution in [3.8, 4) is 5.75 Å². The Morgan fingerprint density at radius 2 is 1.81 bits per heavy atom. The fourth-order valence-electron chi connectivity index (χ4n) is 2.95. The molecule has 1 fully saturated rings. The smallest absolute Gasteiger partial charge is 0.243 e. The summed E-state index contributed by atoms with van der Waals surface area (Å²) in [5, 5.41) is 0. The second-order valence-corrected chi connectivity index (χ2v) is 8.86. The maximum atomic E-state index is 13.8. The predicted octanol–water partition coefficient (Wildman–Crippen LogP) is 3.10. The van der Waals surface area contributed by atoms with Crippen LogP contribution in [0.4, 0.5) is 4.39 Å². The van der Waals surface area contributed by atoms with Crippen LogP contribution in [0.25, 0.3) is 0 Å². The van der Waals surface area contributed by atoms with Crippen molar-refractivity contribution in [3.05, 3.63) is 58.3 Å². The van der Waals surface area contributed by atoms with E-state index in [0.29, 0.717) is 48.5 Å². The van der Waals surface area contributed by atoms with E-state index in [-0.39, 0.29) is 10.7 Å². The zero-order valence-electron chi connectivity index (χ0n) is 14.4. The third-order valence-corrected chi connectivity index (χ3v) is 6.96. The molecule has 0 N–H and O–H groups in total. The Labute approximate surface area is 161 Å². The van der Waals surface area contributed by atoms with E-state index >= 15 is 0 Å². The van der Waals surface area contributed by atoms with E-state index in [1.54, 1.807) is 36.4 Å². The normalized spacial score (nSPS) is 16.6. The summed E-state index contributed by atoms with van der Waals surface area (Å²) in [7, 11) is -2.04. The molecule has 2 aromatic carbocycles. The van der Waals surface area contributed by atoms with E-state index in [4.69, 9.17) is 4.74 Å². The molecule has 0 unspecified atom stereocenters. The number of halogens is 2. The van der Waals surface area contributed by atoms with E-state index in [9.17, 15) is 12.8 Å². The lowest BCUT2D eigenvalue weighted by molar-refractivity contribution is 0.180. The summed E-state index contributed by atoms with van der Waals surface area (Å²) in [6.45, 7) is 2.35. The van der Waals surface area contributed by atoms with E-state index < -0.39 is 10.0 Å². The minimum absolute atomic E-state index is 0.229. The van der Waals surface area contributed by atoms with Gasteiger partial charge in [-0.05, 0) is 40.2 Å². The third kappa shape index (κ3) is 4.09. The van der Waals surface area contributed by atoms with Gasteiger partial charge in [-0.15, -0.1) is 0 Å². The van der Waals surface area contributed by atoms with Gasteiger partial charge < -0.3 is 4.74 Å². The van der Waals surface area contributed by atoms with Crippen LogP contribution < -0.4 is 4.74 Å². The largest absolute Gasteiger partial charge is 0.496 e. The number of methoxy groups -OCH3 is 1. The van der Waals surface area contributed by atoms with Crippen LogP contribution in [-0.2, 0) is 16.6 Å². The molecule has 1 heterocycles. The zero-order chi connectivity index (χ0) is 18.7. The average molecular weight is 443 g/mol. The first kappa shape index (κ1) is 19.3. The molecule has 0 saturated carbocycles. The predicted molar refractivity (Wildman–Crippen MR) is 101 cm³/mol. The monoisotopic (exact) mass is 442 g/mol. The minimum Gasteiger partial charge on any atom is -0.496 e. The molecule has 140 valence electrons. The number of benzene rings is 2. The van der Waals surface area contributed by atoms with E-state index in [1.807, 2.05) is 0 Å². The van der Waals surface area contributed by atoms with Gasteiger partial charge >= 0.3 is 0 Å². The summed E-state index contributed by atoms with van der Waals surface area (Å²) in [6.07, 6.45) is 0. The Balaban J connectivity index is 1.67. The fraction of sp³-hybridized carbons (Fsp3) is 0.333. The maximum Gasteiger partial charge on any atom is 0.243 e. The first-order chi connectivity index (χ1) is 12.4. The molecule has 26 heavy (non-hydrogen) atoms. The number of hydrogen-bond donors (Lipinski definition) is 0. The van der Waals surface area contributed by atoms with Crippen molar-refractivity contribution >= 4 is 26.0 Å². The molecule has 0 aliphatic carbocycles. The lowest BCUT2D eigenvalue weighted by atomic mass is 10.2. The van der Waals surface area contributed by atoms with Gasteiger partial charge in [0.1, 0.15) is 11.6 Å². The summed E-state index contributed by atoms with van der Waals surface area (Å²) in [5.41, 5.74) is 0.628. The molecule has 2 aromatic rings. The summed E-state index contributed by atoms with van der Waals surface area (Å²) in [4.78, 5) is 2.29. The second-order valence-electron chi connectivity index (χ2n) is 6.07. The van der Waals surface area contributed by atoms with Crippen LogP contribution in [0.15, 0.2) is 51.8 Å². The van der Waals surface area contributed by atoms with Crippen LogP contribution >= 0.6 is 15.9 Å². The van der Waals surface area contributed by atoms with Crippen molar-refractivity contribution in [2.45, 2.75) is 11.4 Å². The number of sulfonamides is 1. The summed E-state index contributed by atoms with van der Waals surface area (Å²) in [5.74, 6) is 0.351. The number of nitrogens with zero attached hydrogens (tertiary/aromatic N) is 2. The van der Waals surface area contributed by atoms with Gasteiger partial charge in [-0.2, -0.15) is 4.31 Å². The van der Waals surface area contributed by atoms with Crippen LogP contribution in [0.5, 0.6) is 5.75 Å². The molecular formula is C18H20BrFN2O3S. The lowest BCUT2D eigenvalue weighted by Crippen LogP contribution is -2.48. The number of hydrogen-bond acceptors (Lipinski definition) is 4. The first-order valence-electron chi connectivity index (χ1n) is 8.21. The van der Waals surface area contributed by atoms with Gasteiger partial charge in [0.25, 0.3) is 0 Å². The highest BCUT2D eigenvalue weighted by Crippen LogP contribution is 2.29. The average Bonchev–Trinajstić information content (AvgIpc) is 2.64. The topological polar surface area (TPSA) is 49.9 Å². The van der Waals surface area contributed by atoms with Crippen molar-refractivity contribution in [1.82, 2.24) is 9.21 Å². The summed E-state index contributed by atoms with van der Waals surface area (Å²) in [6, 6.07) is 11.4. The van der Waals surface area contributed by atoms with Crippen molar-refractivity contribution in [1.29, 1.82) is 0 Å². The molecular weight excluding hydrogens is 423 g/mol. The standard InChI is InChI=1S/C18H20BrFN2O3S/c1-25-18-7-6-15(12-16(18)19)26(23,24)22-10-8-21(9-11-22)13-14-4-2-3-5-17(14)20/h2-7,12H,8-11,13H2,1H3. The van der Waals surface area contributed by atoms with Gasteiger partial charge in [-0.25, -0.2) is 12.8 Å². The molecule has 8 heteroatoms. The fourth-order valence-corrected chi connectivity index (χ4v) is 5.09. The molecule has 1 saturated heterocycles. The van der Waals surface area contributed by atoms with E-state index in [1.165, 1.54) is 17.5 Å². The molecule has 1 aliphatic rings. The van der Waals surface area contributed by atoms with Crippen molar-refractivity contribution in [2.24, 2.45) is 0 Å². The Kier molecular flexibility index (Phi) is 5.96. The highest BCUT2D eigenvalue weighted by Gasteiger charge is 2.29. The number of ether oxygens (including phenoxy) is 1. The van der Waals surface area contributed by atoms with Gasteiger partial charge in [-0.3, -0.25) is 4.90 Å². The van der Waals surface area contributed by atoms with Crippen LogP contribution in [0, 0.1) is 5.82 Å². The summed E-state index contributed by atoms with van der Waals surface area (Å²) >= 11 is 3.33. The summed E-state index contributed by atoms with van der Waals surface area (Å²) < 4.78 is 46.7. The number of rotatable bonds is 5. The van der Waals surface area contributed by atoms with Gasteiger partial charge in [0, 0.05) is 38.3 Å². The van der Waals surface area contributed by atoms with Gasteiger partial charge in [0.15, 0.2) is 0 Å². The number of piperazine rings is 1. The van der Waals surface area contributed by atoms with Crippen LogP contribution in [0.3, 0.4) is 0 Å². The highest BCUT2D eigenvalue weighted by atomic mass is 79.9. The molecule has 1 aliphatic heterocycles. The molecule has 0 spiro atoms.